The van der Waals surface area contributed by atoms with Crippen LogP contribution in [0.3, 0.4) is 0 Å². The van der Waals surface area contributed by atoms with Crippen molar-refractivity contribution in [2.75, 3.05) is 11.1 Å². The van der Waals surface area contributed by atoms with E-state index in [1.807, 2.05) is 13.8 Å². The average molecular weight is 418 g/mol. The number of anilines is 1. The molecule has 1 amide bonds. The lowest BCUT2D eigenvalue weighted by Gasteiger charge is -2.09. The van der Waals surface area contributed by atoms with Gasteiger partial charge in [-0.05, 0) is 49.2 Å². The minimum atomic E-state index is -0.0692. The standard InChI is InChI=1S/C17H16BrN5OS/c1-11-6-15(12(2)5-14(11)18)25-8-17(24)22-13-3-4-16(20-7-13)23-10-19-9-21-23/h3-7,9-10H,8H2,1-2H3,(H,22,24). The Morgan fingerprint density at radius 3 is 2.80 bits per heavy atom. The molecule has 0 atom stereocenters. The summed E-state index contributed by atoms with van der Waals surface area (Å²) in [5.74, 6) is 0.915. The summed E-state index contributed by atoms with van der Waals surface area (Å²) in [6.07, 6.45) is 4.62. The average Bonchev–Trinajstić information content (AvgIpc) is 3.12. The number of halogens is 1. The molecular formula is C17H16BrN5OS. The fourth-order valence-corrected chi connectivity index (χ4v) is 3.54. The number of hydrogen-bond donors (Lipinski definition) is 1. The first-order valence-corrected chi connectivity index (χ1v) is 9.31. The van der Waals surface area contributed by atoms with Crippen molar-refractivity contribution in [2.24, 2.45) is 0 Å². The zero-order valence-electron chi connectivity index (χ0n) is 13.7. The molecule has 3 aromatic rings. The monoisotopic (exact) mass is 417 g/mol. The molecule has 0 saturated heterocycles. The van der Waals surface area contributed by atoms with Gasteiger partial charge in [-0.3, -0.25) is 4.79 Å². The molecule has 2 aromatic heterocycles. The Morgan fingerprint density at radius 2 is 2.12 bits per heavy atom. The highest BCUT2D eigenvalue weighted by atomic mass is 79.9. The van der Waals surface area contributed by atoms with Crippen molar-refractivity contribution < 1.29 is 4.79 Å². The van der Waals surface area contributed by atoms with Gasteiger partial charge < -0.3 is 5.32 Å². The Balaban J connectivity index is 1.58. The van der Waals surface area contributed by atoms with E-state index in [0.717, 1.165) is 20.5 Å². The molecule has 0 aliphatic rings. The van der Waals surface area contributed by atoms with E-state index < -0.39 is 0 Å². The molecule has 25 heavy (non-hydrogen) atoms. The fraction of sp³-hybridized carbons (Fsp3) is 0.176. The quantitative estimate of drug-likeness (QED) is 0.639. The number of amides is 1. The smallest absolute Gasteiger partial charge is 0.234 e. The zero-order valence-corrected chi connectivity index (χ0v) is 16.1. The fourth-order valence-electron chi connectivity index (χ4n) is 2.17. The number of carbonyl (C=O) groups is 1. The molecule has 1 aromatic carbocycles. The molecule has 0 fully saturated rings. The van der Waals surface area contributed by atoms with Crippen molar-refractivity contribution in [3.8, 4) is 5.82 Å². The maximum Gasteiger partial charge on any atom is 0.234 e. The summed E-state index contributed by atoms with van der Waals surface area (Å²) >= 11 is 5.04. The van der Waals surface area contributed by atoms with E-state index >= 15 is 0 Å². The van der Waals surface area contributed by atoms with Gasteiger partial charge in [-0.15, -0.1) is 11.8 Å². The Labute approximate surface area is 158 Å². The minimum Gasteiger partial charge on any atom is -0.324 e. The van der Waals surface area contributed by atoms with Crippen LogP contribution in [-0.4, -0.2) is 31.4 Å². The number of thioether (sulfide) groups is 1. The second-order valence-electron chi connectivity index (χ2n) is 5.45. The van der Waals surface area contributed by atoms with Crippen molar-refractivity contribution in [2.45, 2.75) is 18.7 Å². The Morgan fingerprint density at radius 1 is 1.28 bits per heavy atom. The summed E-state index contributed by atoms with van der Waals surface area (Å²) in [6, 6.07) is 7.73. The highest BCUT2D eigenvalue weighted by Gasteiger charge is 2.08. The molecule has 3 rings (SSSR count). The summed E-state index contributed by atoms with van der Waals surface area (Å²) in [5.41, 5.74) is 2.95. The lowest BCUT2D eigenvalue weighted by Crippen LogP contribution is -2.14. The highest BCUT2D eigenvalue weighted by Crippen LogP contribution is 2.28. The lowest BCUT2D eigenvalue weighted by atomic mass is 10.2. The van der Waals surface area contributed by atoms with Crippen LogP contribution in [0.5, 0.6) is 0 Å². The van der Waals surface area contributed by atoms with Crippen LogP contribution in [-0.2, 0) is 4.79 Å². The maximum absolute atomic E-state index is 12.2. The van der Waals surface area contributed by atoms with E-state index in [-0.39, 0.29) is 5.91 Å². The van der Waals surface area contributed by atoms with Gasteiger partial charge in [-0.25, -0.2) is 14.6 Å². The third-order valence-electron chi connectivity index (χ3n) is 3.50. The van der Waals surface area contributed by atoms with E-state index in [1.165, 1.54) is 18.1 Å². The first-order valence-electron chi connectivity index (χ1n) is 7.53. The molecule has 0 saturated carbocycles. The number of hydrogen-bond acceptors (Lipinski definition) is 5. The molecule has 0 radical (unpaired) electrons. The predicted octanol–water partition coefficient (Wildman–Crippen LogP) is 3.77. The molecule has 8 heteroatoms. The summed E-state index contributed by atoms with van der Waals surface area (Å²) in [7, 11) is 0. The summed E-state index contributed by atoms with van der Waals surface area (Å²) in [5, 5.41) is 6.86. The van der Waals surface area contributed by atoms with Gasteiger partial charge in [-0.1, -0.05) is 15.9 Å². The number of aryl methyl sites for hydroxylation is 2. The highest BCUT2D eigenvalue weighted by molar-refractivity contribution is 9.10. The summed E-state index contributed by atoms with van der Waals surface area (Å²) in [4.78, 5) is 21.4. The van der Waals surface area contributed by atoms with Crippen LogP contribution >= 0.6 is 27.7 Å². The summed E-state index contributed by atoms with van der Waals surface area (Å²) in [6.45, 7) is 4.08. The van der Waals surface area contributed by atoms with Crippen LogP contribution in [0.25, 0.3) is 5.82 Å². The van der Waals surface area contributed by atoms with Gasteiger partial charge in [0, 0.05) is 9.37 Å². The van der Waals surface area contributed by atoms with Crippen molar-refractivity contribution in [1.82, 2.24) is 19.7 Å². The van der Waals surface area contributed by atoms with Gasteiger partial charge in [0.05, 0.1) is 17.6 Å². The maximum atomic E-state index is 12.2. The summed E-state index contributed by atoms with van der Waals surface area (Å²) < 4.78 is 2.64. The third-order valence-corrected chi connectivity index (χ3v) is 5.51. The van der Waals surface area contributed by atoms with Gasteiger partial charge in [0.15, 0.2) is 5.82 Å². The third kappa shape index (κ3) is 4.46. The molecule has 0 spiro atoms. The molecule has 0 aliphatic heterocycles. The molecule has 128 valence electrons. The van der Waals surface area contributed by atoms with E-state index in [4.69, 9.17) is 0 Å². The number of carbonyl (C=O) groups excluding carboxylic acids is 1. The number of aromatic nitrogens is 4. The molecule has 0 unspecified atom stereocenters. The van der Waals surface area contributed by atoms with Crippen molar-refractivity contribution >= 4 is 39.3 Å². The number of nitrogens with one attached hydrogen (secondary N) is 1. The van der Waals surface area contributed by atoms with Crippen molar-refractivity contribution in [1.29, 1.82) is 0 Å². The first kappa shape index (κ1) is 17.6. The predicted molar refractivity (Wildman–Crippen MR) is 102 cm³/mol. The number of nitrogens with zero attached hydrogens (tertiary/aromatic N) is 4. The van der Waals surface area contributed by atoms with Gasteiger partial charge in [0.2, 0.25) is 5.91 Å². The topological polar surface area (TPSA) is 72.7 Å². The SMILES string of the molecule is Cc1cc(SCC(=O)Nc2ccc(-n3cncn3)nc2)c(C)cc1Br. The van der Waals surface area contributed by atoms with Crippen LogP contribution in [0, 0.1) is 13.8 Å². The zero-order chi connectivity index (χ0) is 17.8. The second kappa shape index (κ2) is 7.79. The Kier molecular flexibility index (Phi) is 5.50. The molecule has 0 aliphatic carbocycles. The van der Waals surface area contributed by atoms with Gasteiger partial charge in [-0.2, -0.15) is 5.10 Å². The van der Waals surface area contributed by atoms with Crippen LogP contribution in [0.4, 0.5) is 5.69 Å². The van der Waals surface area contributed by atoms with Crippen LogP contribution in [0.15, 0.2) is 52.5 Å². The largest absolute Gasteiger partial charge is 0.324 e. The lowest BCUT2D eigenvalue weighted by molar-refractivity contribution is -0.113. The van der Waals surface area contributed by atoms with Crippen molar-refractivity contribution in [3.05, 3.63) is 58.7 Å². The molecule has 2 heterocycles. The second-order valence-corrected chi connectivity index (χ2v) is 7.32. The Hall–Kier alpha value is -2.19. The number of pyridine rings is 1. The van der Waals surface area contributed by atoms with Crippen LogP contribution < -0.4 is 5.32 Å². The van der Waals surface area contributed by atoms with E-state index in [9.17, 15) is 4.79 Å². The molecule has 1 N–H and O–H groups in total. The first-order chi connectivity index (χ1) is 12.0. The van der Waals surface area contributed by atoms with E-state index in [0.29, 0.717) is 17.3 Å². The normalized spacial score (nSPS) is 10.7. The number of benzene rings is 1. The molecule has 6 nitrogen and oxygen atoms in total. The van der Waals surface area contributed by atoms with Gasteiger partial charge in [0.25, 0.3) is 0 Å². The van der Waals surface area contributed by atoms with Gasteiger partial charge >= 0.3 is 0 Å². The van der Waals surface area contributed by atoms with E-state index in [1.54, 1.807) is 29.3 Å². The van der Waals surface area contributed by atoms with Crippen molar-refractivity contribution in [3.63, 3.8) is 0 Å². The minimum absolute atomic E-state index is 0.0692. The molecule has 0 bridgehead atoms. The van der Waals surface area contributed by atoms with Gasteiger partial charge in [0.1, 0.15) is 12.7 Å². The van der Waals surface area contributed by atoms with Crippen LogP contribution in [0.2, 0.25) is 0 Å². The number of rotatable bonds is 5. The van der Waals surface area contributed by atoms with E-state index in [2.05, 4.69) is 48.4 Å². The van der Waals surface area contributed by atoms with Crippen LogP contribution in [0.1, 0.15) is 11.1 Å². The molecular weight excluding hydrogens is 402 g/mol. The Bertz CT molecular complexity index is 881.